The first-order valence-corrected chi connectivity index (χ1v) is 10.8. The van der Waals surface area contributed by atoms with Gasteiger partial charge in [-0.1, -0.05) is 36.2 Å². The van der Waals surface area contributed by atoms with E-state index in [4.69, 9.17) is 20.4 Å². The molecule has 2 aliphatic rings. The molecule has 2 aromatic carbocycles. The highest BCUT2D eigenvalue weighted by Gasteiger charge is 2.31. The second-order valence-electron chi connectivity index (χ2n) is 8.38. The average molecular weight is 406 g/mol. The molecule has 0 unspecified atom stereocenters. The zero-order valence-corrected chi connectivity index (χ0v) is 17.0. The van der Waals surface area contributed by atoms with Gasteiger partial charge in [-0.05, 0) is 60.6 Å². The van der Waals surface area contributed by atoms with E-state index in [0.29, 0.717) is 17.6 Å². The van der Waals surface area contributed by atoms with Gasteiger partial charge >= 0.3 is 0 Å². The molecule has 0 spiro atoms. The Morgan fingerprint density at radius 2 is 1.90 bits per heavy atom. The van der Waals surface area contributed by atoms with E-state index in [2.05, 4.69) is 34.4 Å². The van der Waals surface area contributed by atoms with Crippen LogP contribution in [0.1, 0.15) is 50.5 Å². The van der Waals surface area contributed by atoms with Gasteiger partial charge in [0, 0.05) is 12.1 Å². The highest BCUT2D eigenvalue weighted by atomic mass is 16.5. The lowest BCUT2D eigenvalue weighted by Gasteiger charge is -2.21. The molecule has 1 aliphatic heterocycles. The van der Waals surface area contributed by atoms with Crippen LogP contribution in [0.3, 0.4) is 0 Å². The SMILES string of the molecule is N=C(N)N1CCC[C@H]1c1nc(-c2ccc3cc(OCC4CCCC4)ccc3c2)no1. The normalized spacial score (nSPS) is 19.6. The minimum atomic E-state index is -0.108. The summed E-state index contributed by atoms with van der Waals surface area (Å²) in [4.78, 5) is 6.41. The number of ether oxygens (including phenoxy) is 1. The van der Waals surface area contributed by atoms with E-state index in [9.17, 15) is 0 Å². The van der Waals surface area contributed by atoms with Gasteiger partial charge in [0.2, 0.25) is 11.7 Å². The zero-order chi connectivity index (χ0) is 20.5. The van der Waals surface area contributed by atoms with E-state index < -0.39 is 0 Å². The second kappa shape index (κ2) is 7.97. The lowest BCUT2D eigenvalue weighted by atomic mass is 10.1. The topological polar surface area (TPSA) is 101 Å². The smallest absolute Gasteiger partial charge is 0.249 e. The Kier molecular flexibility index (Phi) is 5.02. The van der Waals surface area contributed by atoms with Crippen molar-refractivity contribution in [2.24, 2.45) is 11.7 Å². The van der Waals surface area contributed by atoms with Gasteiger partial charge in [-0.3, -0.25) is 5.41 Å². The third kappa shape index (κ3) is 3.72. The first kappa shape index (κ1) is 18.9. The molecule has 2 fully saturated rings. The van der Waals surface area contributed by atoms with Gasteiger partial charge in [0.25, 0.3) is 0 Å². The van der Waals surface area contributed by atoms with E-state index >= 15 is 0 Å². The Balaban J connectivity index is 1.33. The van der Waals surface area contributed by atoms with Crippen LogP contribution in [0.2, 0.25) is 0 Å². The van der Waals surface area contributed by atoms with Gasteiger partial charge in [0.05, 0.1) is 6.61 Å². The summed E-state index contributed by atoms with van der Waals surface area (Å²) in [5, 5.41) is 14.1. The number of nitrogens with two attached hydrogens (primary N) is 1. The summed E-state index contributed by atoms with van der Waals surface area (Å²) < 4.78 is 11.6. The van der Waals surface area contributed by atoms with Crippen molar-refractivity contribution in [3.8, 4) is 17.1 Å². The van der Waals surface area contributed by atoms with E-state index in [0.717, 1.165) is 48.1 Å². The van der Waals surface area contributed by atoms with Crippen molar-refractivity contribution in [1.29, 1.82) is 5.41 Å². The number of nitrogens with zero attached hydrogens (tertiary/aromatic N) is 3. The van der Waals surface area contributed by atoms with Crippen LogP contribution in [-0.2, 0) is 0 Å². The molecule has 156 valence electrons. The maximum Gasteiger partial charge on any atom is 0.249 e. The Labute approximate surface area is 175 Å². The van der Waals surface area contributed by atoms with Crippen molar-refractivity contribution in [2.75, 3.05) is 13.2 Å². The van der Waals surface area contributed by atoms with Crippen molar-refractivity contribution >= 4 is 16.7 Å². The van der Waals surface area contributed by atoms with Crippen molar-refractivity contribution < 1.29 is 9.26 Å². The molecule has 30 heavy (non-hydrogen) atoms. The minimum absolute atomic E-state index is 0.0499. The molecule has 0 amide bonds. The van der Waals surface area contributed by atoms with Crippen LogP contribution < -0.4 is 10.5 Å². The predicted molar refractivity (Wildman–Crippen MR) is 115 cm³/mol. The van der Waals surface area contributed by atoms with Gasteiger partial charge in [-0.25, -0.2) is 0 Å². The van der Waals surface area contributed by atoms with Gasteiger partial charge in [0.1, 0.15) is 11.8 Å². The molecule has 5 rings (SSSR count). The molecule has 3 aromatic rings. The molecule has 0 radical (unpaired) electrons. The first-order valence-electron chi connectivity index (χ1n) is 10.8. The molecule has 1 aromatic heterocycles. The number of likely N-dealkylation sites (tertiary alicyclic amines) is 1. The van der Waals surface area contributed by atoms with Crippen LogP contribution in [0, 0.1) is 11.3 Å². The standard InChI is InChI=1S/C23H27N5O2/c24-23(25)28-11-3-6-20(28)22-26-21(27-30-22)18-8-7-17-13-19(10-9-16(17)12-18)29-14-15-4-1-2-5-15/h7-10,12-13,15,20H,1-6,11,14H2,(H3,24,25)/t20-/m0/s1. The summed E-state index contributed by atoms with van der Waals surface area (Å²) in [6.07, 6.45) is 7.06. The summed E-state index contributed by atoms with van der Waals surface area (Å²) in [5.41, 5.74) is 6.59. The summed E-state index contributed by atoms with van der Waals surface area (Å²) in [5.74, 6) is 2.76. The Hall–Kier alpha value is -3.09. The van der Waals surface area contributed by atoms with Crippen LogP contribution in [0.4, 0.5) is 0 Å². The van der Waals surface area contributed by atoms with Crippen LogP contribution >= 0.6 is 0 Å². The van der Waals surface area contributed by atoms with E-state index in [1.54, 1.807) is 0 Å². The average Bonchev–Trinajstić information content (AvgIpc) is 3.52. The van der Waals surface area contributed by atoms with Crippen molar-refractivity contribution in [1.82, 2.24) is 15.0 Å². The van der Waals surface area contributed by atoms with Crippen molar-refractivity contribution in [3.05, 3.63) is 42.3 Å². The van der Waals surface area contributed by atoms with Crippen LogP contribution in [0.15, 0.2) is 40.9 Å². The van der Waals surface area contributed by atoms with Crippen LogP contribution in [-0.4, -0.2) is 34.2 Å². The molecule has 0 bridgehead atoms. The minimum Gasteiger partial charge on any atom is -0.493 e. The molecule has 1 saturated carbocycles. The summed E-state index contributed by atoms with van der Waals surface area (Å²) >= 11 is 0. The van der Waals surface area contributed by atoms with Gasteiger partial charge in [-0.15, -0.1) is 0 Å². The number of fused-ring (bicyclic) bond motifs is 1. The van der Waals surface area contributed by atoms with Crippen LogP contribution in [0.5, 0.6) is 5.75 Å². The third-order valence-corrected chi connectivity index (χ3v) is 6.32. The Morgan fingerprint density at radius 1 is 1.10 bits per heavy atom. The van der Waals surface area contributed by atoms with E-state index in [1.807, 2.05) is 17.0 Å². The summed E-state index contributed by atoms with van der Waals surface area (Å²) in [6.45, 7) is 1.56. The Bertz CT molecular complexity index is 1060. The molecule has 7 heteroatoms. The molecule has 1 saturated heterocycles. The van der Waals surface area contributed by atoms with E-state index in [1.165, 1.54) is 25.7 Å². The molecule has 2 heterocycles. The van der Waals surface area contributed by atoms with Crippen molar-refractivity contribution in [2.45, 2.75) is 44.6 Å². The van der Waals surface area contributed by atoms with Crippen LogP contribution in [0.25, 0.3) is 22.2 Å². The number of rotatable bonds is 5. The van der Waals surface area contributed by atoms with E-state index in [-0.39, 0.29) is 12.0 Å². The number of hydrogen-bond donors (Lipinski definition) is 2. The summed E-state index contributed by atoms with van der Waals surface area (Å²) in [6, 6.07) is 12.3. The maximum atomic E-state index is 7.73. The first-order chi connectivity index (χ1) is 14.7. The van der Waals surface area contributed by atoms with Gasteiger partial charge in [0.15, 0.2) is 5.96 Å². The molecule has 3 N–H and O–H groups in total. The highest BCUT2D eigenvalue weighted by Crippen LogP contribution is 2.32. The lowest BCUT2D eigenvalue weighted by Crippen LogP contribution is -2.35. The largest absolute Gasteiger partial charge is 0.493 e. The quantitative estimate of drug-likeness (QED) is 0.479. The third-order valence-electron chi connectivity index (χ3n) is 6.32. The number of nitrogens with one attached hydrogen (secondary N) is 1. The number of aromatic nitrogens is 2. The fraction of sp³-hybridized carbons (Fsp3) is 0.435. The molecule has 1 atom stereocenters. The molecular formula is C23H27N5O2. The second-order valence-corrected chi connectivity index (χ2v) is 8.38. The molecular weight excluding hydrogens is 378 g/mol. The zero-order valence-electron chi connectivity index (χ0n) is 17.0. The van der Waals surface area contributed by atoms with Gasteiger partial charge in [-0.2, -0.15) is 4.98 Å². The molecule has 7 nitrogen and oxygen atoms in total. The maximum absolute atomic E-state index is 7.73. The monoisotopic (exact) mass is 405 g/mol. The Morgan fingerprint density at radius 3 is 2.73 bits per heavy atom. The number of hydrogen-bond acceptors (Lipinski definition) is 5. The van der Waals surface area contributed by atoms with Gasteiger partial charge < -0.3 is 19.9 Å². The fourth-order valence-electron chi connectivity index (χ4n) is 4.64. The molecule has 1 aliphatic carbocycles. The lowest BCUT2D eigenvalue weighted by molar-refractivity contribution is 0.252. The fourth-order valence-corrected chi connectivity index (χ4v) is 4.64. The number of benzene rings is 2. The summed E-state index contributed by atoms with van der Waals surface area (Å²) in [7, 11) is 0. The van der Waals surface area contributed by atoms with Crippen molar-refractivity contribution in [3.63, 3.8) is 0 Å². The number of guanidine groups is 1. The predicted octanol–water partition coefficient (Wildman–Crippen LogP) is 4.49. The highest BCUT2D eigenvalue weighted by molar-refractivity contribution is 5.87.